The summed E-state index contributed by atoms with van der Waals surface area (Å²) in [5.41, 5.74) is 2.40. The van der Waals surface area contributed by atoms with Crippen molar-refractivity contribution in [3.63, 3.8) is 0 Å². The van der Waals surface area contributed by atoms with E-state index in [1.807, 2.05) is 32.0 Å². The summed E-state index contributed by atoms with van der Waals surface area (Å²) in [7, 11) is 1.74. The fourth-order valence-corrected chi connectivity index (χ4v) is 4.19. The number of aryl methyl sites for hydroxylation is 1. The van der Waals surface area contributed by atoms with Crippen LogP contribution in [0.4, 0.5) is 17.1 Å². The molecule has 8 heteroatoms. The van der Waals surface area contributed by atoms with Crippen LogP contribution in [0, 0.1) is 11.3 Å². The van der Waals surface area contributed by atoms with Crippen molar-refractivity contribution in [1.29, 1.82) is 5.26 Å². The van der Waals surface area contributed by atoms with Crippen LogP contribution in [-0.4, -0.2) is 21.2 Å². The van der Waals surface area contributed by atoms with Crippen LogP contribution in [0.5, 0.6) is 5.75 Å². The molecule has 0 bridgehead atoms. The molecule has 0 spiro atoms. The first-order valence-electron chi connectivity index (χ1n) is 9.64. The Morgan fingerprint density at radius 1 is 1.40 bits per heavy atom. The van der Waals surface area contributed by atoms with Gasteiger partial charge in [-0.05, 0) is 45.0 Å². The maximum absolute atomic E-state index is 13.0. The van der Waals surface area contributed by atoms with E-state index in [9.17, 15) is 10.1 Å². The van der Waals surface area contributed by atoms with E-state index >= 15 is 0 Å². The summed E-state index contributed by atoms with van der Waals surface area (Å²) < 4.78 is 7.75. The van der Waals surface area contributed by atoms with Crippen molar-refractivity contribution < 1.29 is 4.74 Å². The van der Waals surface area contributed by atoms with Crippen LogP contribution in [-0.2, 0) is 7.05 Å². The quantitative estimate of drug-likeness (QED) is 0.587. The minimum absolute atomic E-state index is 0.123. The van der Waals surface area contributed by atoms with Gasteiger partial charge in [-0.15, -0.1) is 0 Å². The van der Waals surface area contributed by atoms with Crippen LogP contribution in [0.25, 0.3) is 10.9 Å². The number of nitrogens with zero attached hydrogens (tertiary/aromatic N) is 3. The van der Waals surface area contributed by atoms with E-state index in [1.165, 1.54) is 0 Å². The zero-order valence-corrected chi connectivity index (χ0v) is 18.0. The Labute approximate surface area is 179 Å². The third-order valence-corrected chi connectivity index (χ3v) is 5.50. The van der Waals surface area contributed by atoms with E-state index < -0.39 is 5.60 Å². The number of halogens is 1. The van der Waals surface area contributed by atoms with Crippen molar-refractivity contribution in [2.24, 2.45) is 7.05 Å². The van der Waals surface area contributed by atoms with Crippen molar-refractivity contribution in [2.45, 2.75) is 38.8 Å². The van der Waals surface area contributed by atoms with Gasteiger partial charge in [0.05, 0.1) is 16.9 Å². The lowest BCUT2D eigenvalue weighted by atomic mass is 10.0. The molecule has 3 aromatic rings. The zero-order chi connectivity index (χ0) is 21.6. The number of anilines is 3. The van der Waals surface area contributed by atoms with Gasteiger partial charge in [0.2, 0.25) is 5.75 Å². The normalized spacial score (nSPS) is 17.3. The van der Waals surface area contributed by atoms with Crippen LogP contribution in [0.3, 0.4) is 0 Å². The molecule has 0 fully saturated rings. The van der Waals surface area contributed by atoms with Gasteiger partial charge in [-0.25, -0.2) is 4.98 Å². The molecule has 2 aromatic heterocycles. The number of nitriles is 1. The number of hydrogen-bond acceptors (Lipinski definition) is 6. The Morgan fingerprint density at radius 2 is 2.17 bits per heavy atom. The highest BCUT2D eigenvalue weighted by Crippen LogP contribution is 2.38. The smallest absolute Gasteiger partial charge is 0.295 e. The lowest BCUT2D eigenvalue weighted by Gasteiger charge is -2.25. The van der Waals surface area contributed by atoms with Crippen LogP contribution < -0.4 is 20.9 Å². The Balaban J connectivity index is 1.90. The van der Waals surface area contributed by atoms with Gasteiger partial charge in [0.25, 0.3) is 5.56 Å². The van der Waals surface area contributed by atoms with Gasteiger partial charge in [0, 0.05) is 36.8 Å². The van der Waals surface area contributed by atoms with Gasteiger partial charge in [-0.3, -0.25) is 4.79 Å². The SMILES string of the molecule is CC1CC(C)(C)Oc2c(c3cc(Nc4ccnc(Cl)c4C#N)ccc3n(C)c2=O)N1. The molecule has 0 radical (unpaired) electrons. The molecular weight excluding hydrogens is 402 g/mol. The molecule has 154 valence electrons. The van der Waals surface area contributed by atoms with Crippen LogP contribution >= 0.6 is 11.6 Å². The second kappa shape index (κ2) is 7.22. The minimum atomic E-state index is -0.469. The van der Waals surface area contributed by atoms with Crippen molar-refractivity contribution in [1.82, 2.24) is 9.55 Å². The maximum Gasteiger partial charge on any atom is 0.295 e. The Kier molecular flexibility index (Phi) is 4.83. The molecule has 1 aromatic carbocycles. The fourth-order valence-electron chi connectivity index (χ4n) is 3.99. The van der Waals surface area contributed by atoms with Crippen LogP contribution in [0.1, 0.15) is 32.8 Å². The van der Waals surface area contributed by atoms with Crippen molar-refractivity contribution in [3.05, 3.63) is 51.5 Å². The van der Waals surface area contributed by atoms with E-state index in [4.69, 9.17) is 16.3 Å². The zero-order valence-electron chi connectivity index (χ0n) is 17.2. The number of nitrogens with one attached hydrogen (secondary N) is 2. The molecule has 7 nitrogen and oxygen atoms in total. The van der Waals surface area contributed by atoms with Gasteiger partial charge in [-0.2, -0.15) is 5.26 Å². The summed E-state index contributed by atoms with van der Waals surface area (Å²) in [4.78, 5) is 16.9. The third kappa shape index (κ3) is 3.44. The topological polar surface area (TPSA) is 92.0 Å². The molecule has 30 heavy (non-hydrogen) atoms. The van der Waals surface area contributed by atoms with Crippen molar-refractivity contribution in [3.8, 4) is 11.8 Å². The number of benzene rings is 1. The number of rotatable bonds is 2. The molecule has 3 heterocycles. The van der Waals surface area contributed by atoms with E-state index in [0.717, 1.165) is 23.0 Å². The second-order valence-corrected chi connectivity index (χ2v) is 8.53. The molecule has 1 aliphatic heterocycles. The molecule has 1 aliphatic rings. The molecule has 1 atom stereocenters. The fraction of sp³-hybridized carbons (Fsp3) is 0.318. The van der Waals surface area contributed by atoms with Crippen molar-refractivity contribution in [2.75, 3.05) is 10.6 Å². The Hall–Kier alpha value is -3.24. The van der Waals surface area contributed by atoms with Gasteiger partial charge in [0.1, 0.15) is 22.4 Å². The number of aromatic nitrogens is 2. The molecule has 0 aliphatic carbocycles. The molecule has 0 amide bonds. The average molecular weight is 424 g/mol. The Morgan fingerprint density at radius 3 is 2.90 bits per heavy atom. The summed E-state index contributed by atoms with van der Waals surface area (Å²) in [5.74, 6) is 0.321. The lowest BCUT2D eigenvalue weighted by Crippen LogP contribution is -2.33. The minimum Gasteiger partial charge on any atom is -0.480 e. The van der Waals surface area contributed by atoms with Crippen LogP contribution in [0.15, 0.2) is 35.3 Å². The van der Waals surface area contributed by atoms with Gasteiger partial charge < -0.3 is 19.9 Å². The van der Waals surface area contributed by atoms with E-state index in [2.05, 4.69) is 28.6 Å². The molecule has 2 N–H and O–H groups in total. The van der Waals surface area contributed by atoms with Crippen LogP contribution in [0.2, 0.25) is 5.15 Å². The molecule has 1 unspecified atom stereocenters. The highest BCUT2D eigenvalue weighted by molar-refractivity contribution is 6.31. The summed E-state index contributed by atoms with van der Waals surface area (Å²) in [5, 5.41) is 17.1. The van der Waals surface area contributed by atoms with Gasteiger partial charge in [-0.1, -0.05) is 11.6 Å². The lowest BCUT2D eigenvalue weighted by molar-refractivity contribution is 0.0991. The van der Waals surface area contributed by atoms with Gasteiger partial charge in [0.15, 0.2) is 0 Å². The third-order valence-electron chi connectivity index (χ3n) is 5.22. The standard InChI is InChI=1S/C22H22ClN5O2/c1-12-10-22(2,3)30-19-18(26-12)14-9-13(5-6-17(14)28(4)21(19)29)27-16-7-8-25-20(23)15(16)11-24/h5-9,12,26H,10H2,1-4H3,(H,25,27). The molecule has 4 rings (SSSR count). The van der Waals surface area contributed by atoms with E-state index in [1.54, 1.807) is 23.9 Å². The second-order valence-electron chi connectivity index (χ2n) is 8.17. The number of fused-ring (bicyclic) bond motifs is 3. The highest BCUT2D eigenvalue weighted by atomic mass is 35.5. The van der Waals surface area contributed by atoms with E-state index in [-0.39, 0.29) is 22.3 Å². The number of pyridine rings is 2. The monoisotopic (exact) mass is 423 g/mol. The number of hydrogen-bond donors (Lipinski definition) is 2. The summed E-state index contributed by atoms with van der Waals surface area (Å²) >= 11 is 6.05. The summed E-state index contributed by atoms with van der Waals surface area (Å²) in [6, 6.07) is 9.56. The van der Waals surface area contributed by atoms with Gasteiger partial charge >= 0.3 is 0 Å². The molecule has 0 saturated carbocycles. The first kappa shape index (κ1) is 20.0. The average Bonchev–Trinajstić information content (AvgIpc) is 2.80. The number of ether oxygens (including phenoxy) is 1. The van der Waals surface area contributed by atoms with E-state index in [0.29, 0.717) is 17.1 Å². The Bertz CT molecular complexity index is 1260. The predicted molar refractivity (Wildman–Crippen MR) is 119 cm³/mol. The van der Waals surface area contributed by atoms with Crippen molar-refractivity contribution >= 4 is 39.6 Å². The summed E-state index contributed by atoms with van der Waals surface area (Å²) in [6.07, 6.45) is 2.30. The highest BCUT2D eigenvalue weighted by Gasteiger charge is 2.31. The first-order valence-corrected chi connectivity index (χ1v) is 10.0. The largest absolute Gasteiger partial charge is 0.480 e. The molecular formula is C22H22ClN5O2. The first-order chi connectivity index (χ1) is 14.2. The summed E-state index contributed by atoms with van der Waals surface area (Å²) in [6.45, 7) is 6.04. The maximum atomic E-state index is 13.0. The molecule has 0 saturated heterocycles. The predicted octanol–water partition coefficient (Wildman–Crippen LogP) is 4.56.